The van der Waals surface area contributed by atoms with E-state index in [4.69, 9.17) is 9.84 Å². The van der Waals surface area contributed by atoms with Gasteiger partial charge in [0.05, 0.1) is 13.0 Å². The van der Waals surface area contributed by atoms with Gasteiger partial charge >= 0.3 is 5.97 Å². The van der Waals surface area contributed by atoms with Crippen LogP contribution in [0.5, 0.6) is 5.75 Å². The van der Waals surface area contributed by atoms with Crippen LogP contribution in [0.4, 0.5) is 0 Å². The molecule has 0 aromatic carbocycles. The van der Waals surface area contributed by atoms with Gasteiger partial charge in [0, 0.05) is 13.1 Å². The summed E-state index contributed by atoms with van der Waals surface area (Å²) in [6.07, 6.45) is 0.503. The number of carboxylic acid groups (broad SMARTS) is 1. The first-order valence-corrected chi connectivity index (χ1v) is 8.52. The third-order valence-corrected chi connectivity index (χ3v) is 6.62. The van der Waals surface area contributed by atoms with Crippen molar-refractivity contribution in [3.8, 4) is 5.75 Å². The van der Waals surface area contributed by atoms with Crippen LogP contribution in [-0.4, -0.2) is 44.0 Å². The number of carboxylic acids is 1. The maximum Gasteiger partial charge on any atom is 0.307 e. The zero-order valence-corrected chi connectivity index (χ0v) is 12.9. The van der Waals surface area contributed by atoms with Crippen LogP contribution in [0.1, 0.15) is 13.3 Å². The van der Waals surface area contributed by atoms with Crippen molar-refractivity contribution < 1.29 is 23.1 Å². The Morgan fingerprint density at radius 2 is 2.20 bits per heavy atom. The summed E-state index contributed by atoms with van der Waals surface area (Å²) in [6.45, 7) is 2.22. The Hall–Kier alpha value is -1.12. The summed E-state index contributed by atoms with van der Waals surface area (Å²) in [5.41, 5.74) is 0. The first-order valence-electron chi connectivity index (χ1n) is 6.20. The lowest BCUT2D eigenvalue weighted by Crippen LogP contribution is -2.45. The SMILES string of the molecule is COc1ccsc1S(=O)(=O)N1CC(C)CC(C(=O)O)C1. The number of rotatable bonds is 4. The van der Waals surface area contributed by atoms with E-state index in [-0.39, 0.29) is 16.7 Å². The van der Waals surface area contributed by atoms with Gasteiger partial charge in [-0.15, -0.1) is 11.3 Å². The van der Waals surface area contributed by atoms with Crippen LogP contribution in [0.25, 0.3) is 0 Å². The average molecular weight is 319 g/mol. The number of methoxy groups -OCH3 is 1. The van der Waals surface area contributed by atoms with E-state index >= 15 is 0 Å². The molecule has 1 aromatic rings. The van der Waals surface area contributed by atoms with Crippen LogP contribution in [-0.2, 0) is 14.8 Å². The van der Waals surface area contributed by atoms with Gasteiger partial charge in [0.2, 0.25) is 0 Å². The second-order valence-corrected chi connectivity index (χ2v) is 8.02. The zero-order chi connectivity index (χ0) is 14.9. The molecule has 112 valence electrons. The van der Waals surface area contributed by atoms with Gasteiger partial charge in [-0.05, 0) is 23.8 Å². The lowest BCUT2D eigenvalue weighted by molar-refractivity contribution is -0.143. The lowest BCUT2D eigenvalue weighted by atomic mass is 9.92. The third kappa shape index (κ3) is 2.82. The summed E-state index contributed by atoms with van der Waals surface area (Å²) in [5.74, 6) is -1.28. The molecule has 2 rings (SSSR count). The van der Waals surface area contributed by atoms with E-state index in [2.05, 4.69) is 0 Å². The van der Waals surface area contributed by atoms with Crippen LogP contribution < -0.4 is 4.74 Å². The Balaban J connectivity index is 2.31. The molecule has 2 unspecified atom stereocenters. The molecule has 0 saturated carbocycles. The molecule has 1 aromatic heterocycles. The van der Waals surface area contributed by atoms with Crippen LogP contribution in [0.15, 0.2) is 15.7 Å². The fourth-order valence-corrected chi connectivity index (χ4v) is 5.44. The first-order chi connectivity index (χ1) is 9.36. The molecule has 1 aliphatic heterocycles. The van der Waals surface area contributed by atoms with E-state index in [1.54, 1.807) is 11.4 Å². The summed E-state index contributed by atoms with van der Waals surface area (Å²) in [5, 5.41) is 10.8. The van der Waals surface area contributed by atoms with Crippen molar-refractivity contribution in [3.05, 3.63) is 11.4 Å². The van der Waals surface area contributed by atoms with Crippen molar-refractivity contribution >= 4 is 27.3 Å². The number of carbonyl (C=O) groups is 1. The van der Waals surface area contributed by atoms with Crippen molar-refractivity contribution in [3.63, 3.8) is 0 Å². The maximum atomic E-state index is 12.6. The summed E-state index contributed by atoms with van der Waals surface area (Å²) in [4.78, 5) is 11.1. The van der Waals surface area contributed by atoms with Crippen LogP contribution >= 0.6 is 11.3 Å². The monoisotopic (exact) mass is 319 g/mol. The van der Waals surface area contributed by atoms with Gasteiger partial charge in [0.25, 0.3) is 10.0 Å². The van der Waals surface area contributed by atoms with Gasteiger partial charge in [0.15, 0.2) is 4.21 Å². The molecule has 1 saturated heterocycles. The molecule has 1 N–H and O–H groups in total. The minimum absolute atomic E-state index is 0.0169. The molecular weight excluding hydrogens is 302 g/mol. The van der Waals surface area contributed by atoms with Gasteiger partial charge < -0.3 is 9.84 Å². The molecular formula is C12H17NO5S2. The number of nitrogens with zero attached hydrogens (tertiary/aromatic N) is 1. The molecule has 0 aliphatic carbocycles. The molecule has 2 atom stereocenters. The van der Waals surface area contributed by atoms with E-state index in [0.717, 1.165) is 11.3 Å². The van der Waals surface area contributed by atoms with E-state index < -0.39 is 21.9 Å². The van der Waals surface area contributed by atoms with E-state index in [9.17, 15) is 13.2 Å². The van der Waals surface area contributed by atoms with Crippen molar-refractivity contribution in [2.75, 3.05) is 20.2 Å². The molecule has 8 heteroatoms. The van der Waals surface area contributed by atoms with Gasteiger partial charge in [-0.25, -0.2) is 8.42 Å². The van der Waals surface area contributed by atoms with Gasteiger partial charge in [0.1, 0.15) is 5.75 Å². The molecule has 1 fully saturated rings. The second-order valence-electron chi connectivity index (χ2n) is 4.97. The predicted molar refractivity (Wildman–Crippen MR) is 74.5 cm³/mol. The van der Waals surface area contributed by atoms with Crippen molar-refractivity contribution in [1.82, 2.24) is 4.31 Å². The zero-order valence-electron chi connectivity index (χ0n) is 11.3. The fraction of sp³-hybridized carbons (Fsp3) is 0.583. The van der Waals surface area contributed by atoms with Gasteiger partial charge in [-0.3, -0.25) is 4.79 Å². The molecule has 0 bridgehead atoms. The number of piperidine rings is 1. The van der Waals surface area contributed by atoms with E-state index in [1.165, 1.54) is 11.4 Å². The Morgan fingerprint density at radius 1 is 1.50 bits per heavy atom. The Labute approximate surface area is 122 Å². The first kappa shape index (κ1) is 15.3. The fourth-order valence-electron chi connectivity index (χ4n) is 2.42. The highest BCUT2D eigenvalue weighted by atomic mass is 32.2. The van der Waals surface area contributed by atoms with E-state index in [1.807, 2.05) is 6.92 Å². The minimum Gasteiger partial charge on any atom is -0.494 e. The minimum atomic E-state index is -3.70. The molecule has 0 radical (unpaired) electrons. The molecule has 0 amide bonds. The third-order valence-electron chi connectivity index (χ3n) is 3.37. The molecule has 0 spiro atoms. The Bertz CT molecular complexity index is 595. The van der Waals surface area contributed by atoms with Crippen molar-refractivity contribution in [1.29, 1.82) is 0 Å². The smallest absolute Gasteiger partial charge is 0.307 e. The molecule has 2 heterocycles. The van der Waals surface area contributed by atoms with Crippen LogP contribution in [0.3, 0.4) is 0 Å². The van der Waals surface area contributed by atoms with Crippen molar-refractivity contribution in [2.45, 2.75) is 17.6 Å². The Morgan fingerprint density at radius 3 is 2.80 bits per heavy atom. The van der Waals surface area contributed by atoms with Gasteiger partial charge in [-0.1, -0.05) is 6.92 Å². The number of thiophene rings is 1. The summed E-state index contributed by atoms with van der Waals surface area (Å²) < 4.78 is 31.7. The quantitative estimate of drug-likeness (QED) is 0.909. The lowest BCUT2D eigenvalue weighted by Gasteiger charge is -2.33. The number of ether oxygens (including phenoxy) is 1. The largest absolute Gasteiger partial charge is 0.494 e. The summed E-state index contributed by atoms with van der Waals surface area (Å²) in [7, 11) is -2.28. The van der Waals surface area contributed by atoms with Crippen molar-refractivity contribution in [2.24, 2.45) is 11.8 Å². The topological polar surface area (TPSA) is 83.9 Å². The standard InChI is InChI=1S/C12H17NO5S2/c1-8-5-9(11(14)15)7-13(6-8)20(16,17)12-10(18-2)3-4-19-12/h3-4,8-9H,5-7H2,1-2H3,(H,14,15). The number of hydrogen-bond donors (Lipinski definition) is 1. The molecule has 6 nitrogen and oxygen atoms in total. The summed E-state index contributed by atoms with van der Waals surface area (Å²) in [6, 6.07) is 1.60. The molecule has 1 aliphatic rings. The average Bonchev–Trinajstić information content (AvgIpc) is 2.86. The number of aliphatic carboxylic acids is 1. The Kier molecular flexibility index (Phi) is 4.36. The summed E-state index contributed by atoms with van der Waals surface area (Å²) >= 11 is 1.08. The highest BCUT2D eigenvalue weighted by Gasteiger charge is 2.37. The van der Waals surface area contributed by atoms with E-state index in [0.29, 0.717) is 18.7 Å². The van der Waals surface area contributed by atoms with Crippen LogP contribution in [0, 0.1) is 11.8 Å². The van der Waals surface area contributed by atoms with Crippen LogP contribution in [0.2, 0.25) is 0 Å². The maximum absolute atomic E-state index is 12.6. The second kappa shape index (κ2) is 5.71. The predicted octanol–water partition coefficient (Wildman–Crippen LogP) is 1.49. The number of hydrogen-bond acceptors (Lipinski definition) is 5. The normalized spacial score (nSPS) is 24.5. The number of sulfonamides is 1. The highest BCUT2D eigenvalue weighted by Crippen LogP contribution is 2.34. The van der Waals surface area contributed by atoms with Gasteiger partial charge in [-0.2, -0.15) is 4.31 Å². The highest BCUT2D eigenvalue weighted by molar-refractivity contribution is 7.91. The molecule has 20 heavy (non-hydrogen) atoms.